The first-order chi connectivity index (χ1) is 15.1. The third-order valence-corrected chi connectivity index (χ3v) is 5.93. The number of hydrogen-bond donors (Lipinski definition) is 1. The van der Waals surface area contributed by atoms with Gasteiger partial charge in [-0.25, -0.2) is 9.59 Å². The molecule has 3 aromatic rings. The molecule has 31 heavy (non-hydrogen) atoms. The zero-order valence-electron chi connectivity index (χ0n) is 16.8. The van der Waals surface area contributed by atoms with Gasteiger partial charge in [0.05, 0.1) is 31.0 Å². The number of carbonyl (C=O) groups is 2. The second-order valence-corrected chi connectivity index (χ2v) is 7.62. The highest BCUT2D eigenvalue weighted by Crippen LogP contribution is 2.44. The van der Waals surface area contributed by atoms with Gasteiger partial charge in [-0.2, -0.15) is 0 Å². The van der Waals surface area contributed by atoms with Crippen LogP contribution in [0.25, 0.3) is 11.1 Å². The molecule has 0 unspecified atom stereocenters. The van der Waals surface area contributed by atoms with Gasteiger partial charge in [-0.15, -0.1) is 0 Å². The number of carbonyl (C=O) groups excluding carboxylic acids is 1. The van der Waals surface area contributed by atoms with Gasteiger partial charge >= 0.3 is 12.1 Å². The van der Waals surface area contributed by atoms with Crippen molar-refractivity contribution in [2.24, 2.45) is 0 Å². The average molecular weight is 415 g/mol. The predicted molar refractivity (Wildman–Crippen MR) is 115 cm³/mol. The number of rotatable bonds is 3. The van der Waals surface area contributed by atoms with Gasteiger partial charge in [0.1, 0.15) is 6.61 Å². The van der Waals surface area contributed by atoms with Crippen molar-refractivity contribution in [1.29, 1.82) is 0 Å². The first-order valence-electron chi connectivity index (χ1n) is 10.2. The molecule has 6 nitrogen and oxygen atoms in total. The lowest BCUT2D eigenvalue weighted by atomic mass is 9.98. The number of hydrogen-bond acceptors (Lipinski definition) is 4. The summed E-state index contributed by atoms with van der Waals surface area (Å²) >= 11 is 0. The van der Waals surface area contributed by atoms with E-state index in [-0.39, 0.29) is 24.7 Å². The summed E-state index contributed by atoms with van der Waals surface area (Å²) in [5.74, 6) is -1.08. The van der Waals surface area contributed by atoms with Gasteiger partial charge in [0.2, 0.25) is 0 Å². The van der Waals surface area contributed by atoms with Crippen molar-refractivity contribution in [2.75, 3.05) is 24.7 Å². The predicted octanol–water partition coefficient (Wildman–Crippen LogP) is 4.67. The van der Waals surface area contributed by atoms with Gasteiger partial charge in [0.25, 0.3) is 0 Å². The van der Waals surface area contributed by atoms with E-state index in [2.05, 4.69) is 24.3 Å². The molecule has 2 aliphatic rings. The third-order valence-electron chi connectivity index (χ3n) is 5.93. The molecule has 156 valence electrons. The molecule has 1 aliphatic carbocycles. The van der Waals surface area contributed by atoms with Crippen LogP contribution in [0.1, 0.15) is 33.0 Å². The molecular formula is C25H21NO5. The van der Waals surface area contributed by atoms with E-state index in [4.69, 9.17) is 9.47 Å². The van der Waals surface area contributed by atoms with Gasteiger partial charge in [0, 0.05) is 11.5 Å². The minimum Gasteiger partial charge on any atom is -0.478 e. The van der Waals surface area contributed by atoms with E-state index in [1.165, 1.54) is 22.1 Å². The van der Waals surface area contributed by atoms with E-state index in [1.807, 2.05) is 24.3 Å². The average Bonchev–Trinajstić information content (AvgIpc) is 2.94. The van der Waals surface area contributed by atoms with Crippen molar-refractivity contribution >= 4 is 17.7 Å². The number of ether oxygens (including phenoxy) is 2. The lowest BCUT2D eigenvalue weighted by Gasteiger charge is -2.23. The molecule has 0 saturated carbocycles. The van der Waals surface area contributed by atoms with Gasteiger partial charge in [0.15, 0.2) is 0 Å². The number of benzene rings is 3. The molecule has 6 heteroatoms. The fourth-order valence-electron chi connectivity index (χ4n) is 4.49. The van der Waals surface area contributed by atoms with Crippen LogP contribution < -0.4 is 4.90 Å². The molecular weight excluding hydrogens is 394 g/mol. The molecule has 0 saturated heterocycles. The highest BCUT2D eigenvalue weighted by Gasteiger charge is 2.31. The summed E-state index contributed by atoms with van der Waals surface area (Å²) in [5, 5.41) is 9.50. The van der Waals surface area contributed by atoms with Crippen LogP contribution in [0.4, 0.5) is 10.5 Å². The van der Waals surface area contributed by atoms with Crippen molar-refractivity contribution in [3.63, 3.8) is 0 Å². The maximum absolute atomic E-state index is 13.1. The Morgan fingerprint density at radius 3 is 2.32 bits per heavy atom. The Bertz CT molecular complexity index is 1130. The van der Waals surface area contributed by atoms with Gasteiger partial charge in [-0.3, -0.25) is 4.90 Å². The summed E-state index contributed by atoms with van der Waals surface area (Å²) in [6.07, 6.45) is -0.504. The molecule has 0 fully saturated rings. The Hall–Kier alpha value is -3.64. The first kappa shape index (κ1) is 19.3. The lowest BCUT2D eigenvalue weighted by Crippen LogP contribution is -2.34. The molecule has 0 spiro atoms. The molecule has 1 aliphatic heterocycles. The highest BCUT2D eigenvalue weighted by molar-refractivity contribution is 5.95. The second kappa shape index (κ2) is 7.89. The Labute approximate surface area is 179 Å². The number of carboxylic acids is 1. The number of aromatic carboxylic acids is 1. The van der Waals surface area contributed by atoms with Crippen LogP contribution in [0, 0.1) is 0 Å². The van der Waals surface area contributed by atoms with E-state index >= 15 is 0 Å². The van der Waals surface area contributed by atoms with Crippen LogP contribution >= 0.6 is 0 Å². The van der Waals surface area contributed by atoms with Crippen molar-refractivity contribution in [3.05, 3.63) is 89.0 Å². The fourth-order valence-corrected chi connectivity index (χ4v) is 4.49. The molecule has 5 rings (SSSR count). The molecule has 0 aromatic heterocycles. The van der Waals surface area contributed by atoms with Crippen molar-refractivity contribution in [1.82, 2.24) is 0 Å². The molecule has 1 amide bonds. The number of nitrogens with zero attached hydrogens (tertiary/aromatic N) is 1. The maximum Gasteiger partial charge on any atom is 0.414 e. The Balaban J connectivity index is 1.41. The standard InChI is InChI=1S/C25H21NO5/c27-24(28)20-10-5-11-23-22(20)14-30-13-12-26(23)25(29)31-15-21-18-8-3-1-6-16(18)17-7-2-4-9-19(17)21/h1-11,21H,12-15H2,(H,27,28). The van der Waals surface area contributed by atoms with Crippen LogP contribution in [0.5, 0.6) is 0 Å². The largest absolute Gasteiger partial charge is 0.478 e. The van der Waals surface area contributed by atoms with Gasteiger partial charge in [-0.1, -0.05) is 54.6 Å². The molecule has 1 N–H and O–H groups in total. The zero-order valence-corrected chi connectivity index (χ0v) is 16.8. The maximum atomic E-state index is 13.1. The topological polar surface area (TPSA) is 76.1 Å². The minimum absolute atomic E-state index is 0.0376. The molecule has 0 radical (unpaired) electrons. The second-order valence-electron chi connectivity index (χ2n) is 7.62. The fraction of sp³-hybridized carbons (Fsp3) is 0.200. The lowest BCUT2D eigenvalue weighted by molar-refractivity contribution is 0.0689. The van der Waals surface area contributed by atoms with Crippen LogP contribution in [0.15, 0.2) is 66.7 Å². The summed E-state index contributed by atoms with van der Waals surface area (Å²) in [5.41, 5.74) is 5.76. The minimum atomic E-state index is -1.05. The van der Waals surface area contributed by atoms with Gasteiger partial charge < -0.3 is 14.6 Å². The number of fused-ring (bicyclic) bond motifs is 4. The monoisotopic (exact) mass is 415 g/mol. The zero-order chi connectivity index (χ0) is 21.4. The Kier molecular flexibility index (Phi) is 4.92. The molecule has 1 heterocycles. The quantitative estimate of drug-likeness (QED) is 0.673. The summed E-state index contributed by atoms with van der Waals surface area (Å²) in [6.45, 7) is 0.952. The van der Waals surface area contributed by atoms with E-state index in [1.54, 1.807) is 12.1 Å². The van der Waals surface area contributed by atoms with E-state index in [0.29, 0.717) is 24.4 Å². The van der Waals surface area contributed by atoms with Crippen molar-refractivity contribution < 1.29 is 24.2 Å². The normalized spacial score (nSPS) is 14.9. The number of carboxylic acid groups (broad SMARTS) is 1. The van der Waals surface area contributed by atoms with Crippen molar-refractivity contribution in [3.8, 4) is 11.1 Å². The van der Waals surface area contributed by atoms with Crippen LogP contribution in [0.2, 0.25) is 0 Å². The molecule has 0 bridgehead atoms. The highest BCUT2D eigenvalue weighted by atomic mass is 16.6. The molecule has 0 atom stereocenters. The summed E-state index contributed by atoms with van der Waals surface area (Å²) in [4.78, 5) is 26.2. The van der Waals surface area contributed by atoms with Crippen LogP contribution in [-0.4, -0.2) is 36.9 Å². The third kappa shape index (κ3) is 3.35. The summed E-state index contributed by atoms with van der Waals surface area (Å²) < 4.78 is 11.3. The summed E-state index contributed by atoms with van der Waals surface area (Å²) in [6, 6.07) is 21.2. The number of anilines is 1. The van der Waals surface area contributed by atoms with Crippen LogP contribution in [0.3, 0.4) is 0 Å². The molecule has 3 aromatic carbocycles. The summed E-state index contributed by atoms with van der Waals surface area (Å²) in [7, 11) is 0. The van der Waals surface area contributed by atoms with E-state index < -0.39 is 12.1 Å². The Morgan fingerprint density at radius 1 is 0.968 bits per heavy atom. The van der Waals surface area contributed by atoms with Gasteiger partial charge in [-0.05, 0) is 34.4 Å². The smallest absolute Gasteiger partial charge is 0.414 e. The first-order valence-corrected chi connectivity index (χ1v) is 10.2. The van der Waals surface area contributed by atoms with Crippen molar-refractivity contribution in [2.45, 2.75) is 12.5 Å². The van der Waals surface area contributed by atoms with E-state index in [0.717, 1.165) is 11.1 Å². The SMILES string of the molecule is O=C(O)c1cccc2c1COCCN2C(=O)OCC1c2ccccc2-c2ccccc21. The van der Waals surface area contributed by atoms with E-state index in [9.17, 15) is 14.7 Å². The number of amides is 1. The Morgan fingerprint density at radius 2 is 1.65 bits per heavy atom. The van der Waals surface area contributed by atoms with Crippen LogP contribution in [-0.2, 0) is 16.1 Å².